The molecule has 1 heterocycles. The lowest BCUT2D eigenvalue weighted by Gasteiger charge is -2.08. The van der Waals surface area contributed by atoms with Gasteiger partial charge in [-0.15, -0.1) is 0 Å². The van der Waals surface area contributed by atoms with E-state index in [9.17, 15) is 0 Å². The average molecular weight is 237 g/mol. The number of aryl methyl sites for hydroxylation is 1. The molecule has 0 atom stereocenters. The third-order valence-electron chi connectivity index (χ3n) is 2.72. The molecule has 0 unspecified atom stereocenters. The molecule has 3 heteroatoms. The number of nitriles is 1. The van der Waals surface area contributed by atoms with E-state index < -0.39 is 0 Å². The summed E-state index contributed by atoms with van der Waals surface area (Å²) < 4.78 is 0. The third-order valence-corrected chi connectivity index (χ3v) is 2.72. The van der Waals surface area contributed by atoms with E-state index in [0.717, 1.165) is 29.9 Å². The van der Waals surface area contributed by atoms with Crippen molar-refractivity contribution < 1.29 is 0 Å². The van der Waals surface area contributed by atoms with E-state index in [-0.39, 0.29) is 0 Å². The van der Waals surface area contributed by atoms with Crippen molar-refractivity contribution in [1.82, 2.24) is 4.98 Å². The van der Waals surface area contributed by atoms with E-state index in [0.29, 0.717) is 5.56 Å². The lowest BCUT2D eigenvalue weighted by Crippen LogP contribution is -2.07. The highest BCUT2D eigenvalue weighted by Gasteiger charge is 2.01. The van der Waals surface area contributed by atoms with Crippen LogP contribution in [0.1, 0.15) is 16.8 Å². The fourth-order valence-electron chi connectivity index (χ4n) is 1.78. The van der Waals surface area contributed by atoms with E-state index in [1.54, 1.807) is 6.20 Å². The standard InChI is InChI=1S/C15H15N3/c1-12-5-6-15(13(10-12)11-16)18-9-7-14-4-2-3-8-17-14/h2-6,8,10,18H,7,9H2,1H3. The van der Waals surface area contributed by atoms with Gasteiger partial charge in [-0.2, -0.15) is 5.26 Å². The molecule has 0 aliphatic heterocycles. The Morgan fingerprint density at radius 2 is 2.17 bits per heavy atom. The van der Waals surface area contributed by atoms with Crippen molar-refractivity contribution in [2.24, 2.45) is 0 Å². The maximum atomic E-state index is 9.06. The number of pyridine rings is 1. The van der Waals surface area contributed by atoms with Crippen molar-refractivity contribution >= 4 is 5.69 Å². The first-order valence-corrected chi connectivity index (χ1v) is 5.94. The van der Waals surface area contributed by atoms with Crippen molar-refractivity contribution in [3.05, 3.63) is 59.4 Å². The topological polar surface area (TPSA) is 48.7 Å². The van der Waals surface area contributed by atoms with E-state index >= 15 is 0 Å². The van der Waals surface area contributed by atoms with E-state index in [1.165, 1.54) is 0 Å². The molecule has 0 amide bonds. The maximum absolute atomic E-state index is 9.06. The van der Waals surface area contributed by atoms with Crippen molar-refractivity contribution in [3.63, 3.8) is 0 Å². The smallest absolute Gasteiger partial charge is 0.101 e. The summed E-state index contributed by atoms with van der Waals surface area (Å²) in [6.45, 7) is 2.76. The molecule has 0 bridgehead atoms. The summed E-state index contributed by atoms with van der Waals surface area (Å²) in [5.41, 5.74) is 3.73. The summed E-state index contributed by atoms with van der Waals surface area (Å²) in [7, 11) is 0. The Hall–Kier alpha value is -2.34. The number of hydrogen-bond donors (Lipinski definition) is 1. The van der Waals surface area contributed by atoms with Crippen LogP contribution in [0.2, 0.25) is 0 Å². The van der Waals surface area contributed by atoms with E-state index in [4.69, 9.17) is 5.26 Å². The number of anilines is 1. The molecular weight excluding hydrogens is 222 g/mol. The second-order valence-electron chi connectivity index (χ2n) is 4.16. The van der Waals surface area contributed by atoms with Gasteiger partial charge in [0.25, 0.3) is 0 Å². The van der Waals surface area contributed by atoms with Gasteiger partial charge in [0.2, 0.25) is 0 Å². The third kappa shape index (κ3) is 3.08. The number of rotatable bonds is 4. The first-order valence-electron chi connectivity index (χ1n) is 5.94. The molecule has 0 radical (unpaired) electrons. The van der Waals surface area contributed by atoms with Crippen molar-refractivity contribution in [1.29, 1.82) is 5.26 Å². The number of nitrogens with one attached hydrogen (secondary N) is 1. The summed E-state index contributed by atoms with van der Waals surface area (Å²) >= 11 is 0. The van der Waals surface area contributed by atoms with Crippen LogP contribution in [-0.2, 0) is 6.42 Å². The molecule has 1 aromatic carbocycles. The van der Waals surface area contributed by atoms with Crippen LogP contribution >= 0.6 is 0 Å². The summed E-state index contributed by atoms with van der Waals surface area (Å²) in [6, 6.07) is 13.9. The number of benzene rings is 1. The molecule has 3 nitrogen and oxygen atoms in total. The molecule has 90 valence electrons. The highest BCUT2D eigenvalue weighted by molar-refractivity contribution is 5.58. The highest BCUT2D eigenvalue weighted by Crippen LogP contribution is 2.16. The van der Waals surface area contributed by atoms with Gasteiger partial charge in [0, 0.05) is 24.9 Å². The fourth-order valence-corrected chi connectivity index (χ4v) is 1.78. The number of hydrogen-bond acceptors (Lipinski definition) is 3. The average Bonchev–Trinajstić information content (AvgIpc) is 2.41. The normalized spacial score (nSPS) is 9.78. The molecule has 2 aromatic rings. The lowest BCUT2D eigenvalue weighted by molar-refractivity contribution is 0.961. The minimum Gasteiger partial charge on any atom is -0.384 e. The monoisotopic (exact) mass is 237 g/mol. The second-order valence-corrected chi connectivity index (χ2v) is 4.16. The Morgan fingerprint density at radius 1 is 1.28 bits per heavy atom. The van der Waals surface area contributed by atoms with Gasteiger partial charge >= 0.3 is 0 Å². The Balaban J connectivity index is 1.97. The van der Waals surface area contributed by atoms with Crippen LogP contribution in [0, 0.1) is 18.3 Å². The van der Waals surface area contributed by atoms with Gasteiger partial charge < -0.3 is 5.32 Å². The summed E-state index contributed by atoms with van der Waals surface area (Å²) in [5, 5.41) is 12.3. The number of nitrogens with zero attached hydrogens (tertiary/aromatic N) is 2. The first kappa shape index (κ1) is 12.1. The Labute approximate surface area is 107 Å². The van der Waals surface area contributed by atoms with Gasteiger partial charge in [-0.05, 0) is 36.8 Å². The van der Waals surface area contributed by atoms with Gasteiger partial charge in [0.1, 0.15) is 6.07 Å². The van der Waals surface area contributed by atoms with Crippen LogP contribution in [0.5, 0.6) is 0 Å². The van der Waals surface area contributed by atoms with Crippen LogP contribution in [0.15, 0.2) is 42.6 Å². The molecule has 2 rings (SSSR count). The second kappa shape index (κ2) is 5.83. The van der Waals surface area contributed by atoms with Crippen LogP contribution in [0.25, 0.3) is 0 Å². The molecule has 1 N–H and O–H groups in total. The largest absolute Gasteiger partial charge is 0.384 e. The first-order chi connectivity index (χ1) is 8.79. The SMILES string of the molecule is Cc1ccc(NCCc2ccccn2)c(C#N)c1. The Bertz CT molecular complexity index is 556. The molecule has 1 aromatic heterocycles. The van der Waals surface area contributed by atoms with E-state index in [1.807, 2.05) is 43.3 Å². The zero-order chi connectivity index (χ0) is 12.8. The summed E-state index contributed by atoms with van der Waals surface area (Å²) in [4.78, 5) is 4.26. The minimum atomic E-state index is 0.691. The highest BCUT2D eigenvalue weighted by atomic mass is 14.9. The predicted octanol–water partition coefficient (Wildman–Crippen LogP) is 2.92. The molecule has 0 saturated carbocycles. The molecule has 0 saturated heterocycles. The zero-order valence-electron chi connectivity index (χ0n) is 10.4. The zero-order valence-corrected chi connectivity index (χ0v) is 10.4. The number of aromatic nitrogens is 1. The van der Waals surface area contributed by atoms with Crippen LogP contribution in [0.4, 0.5) is 5.69 Å². The Kier molecular flexibility index (Phi) is 3.93. The molecule has 18 heavy (non-hydrogen) atoms. The van der Waals surface area contributed by atoms with E-state index in [2.05, 4.69) is 16.4 Å². The van der Waals surface area contributed by atoms with Gasteiger partial charge in [-0.1, -0.05) is 12.1 Å². The van der Waals surface area contributed by atoms with Gasteiger partial charge in [-0.25, -0.2) is 0 Å². The van der Waals surface area contributed by atoms with Crippen molar-refractivity contribution in [2.75, 3.05) is 11.9 Å². The maximum Gasteiger partial charge on any atom is 0.101 e. The Morgan fingerprint density at radius 3 is 2.89 bits per heavy atom. The minimum absolute atomic E-state index is 0.691. The van der Waals surface area contributed by atoms with Crippen molar-refractivity contribution in [3.8, 4) is 6.07 Å². The van der Waals surface area contributed by atoms with Gasteiger partial charge in [-0.3, -0.25) is 4.98 Å². The molecular formula is C15H15N3. The molecule has 0 spiro atoms. The molecule has 0 aliphatic rings. The van der Waals surface area contributed by atoms with Crippen LogP contribution < -0.4 is 5.32 Å². The quantitative estimate of drug-likeness (QED) is 0.889. The fraction of sp³-hybridized carbons (Fsp3) is 0.200. The van der Waals surface area contributed by atoms with Crippen LogP contribution in [0.3, 0.4) is 0 Å². The summed E-state index contributed by atoms with van der Waals surface area (Å²) in [5.74, 6) is 0. The van der Waals surface area contributed by atoms with Gasteiger partial charge in [0.15, 0.2) is 0 Å². The van der Waals surface area contributed by atoms with Crippen molar-refractivity contribution in [2.45, 2.75) is 13.3 Å². The molecule has 0 aliphatic carbocycles. The van der Waals surface area contributed by atoms with Crippen LogP contribution in [-0.4, -0.2) is 11.5 Å². The summed E-state index contributed by atoms with van der Waals surface area (Å²) in [6.07, 6.45) is 2.64. The molecule has 0 fully saturated rings. The predicted molar refractivity (Wildman–Crippen MR) is 72.3 cm³/mol. The lowest BCUT2D eigenvalue weighted by atomic mass is 10.1. The van der Waals surface area contributed by atoms with Gasteiger partial charge in [0.05, 0.1) is 11.3 Å².